The van der Waals surface area contributed by atoms with Crippen molar-refractivity contribution in [3.05, 3.63) is 41.6 Å². The van der Waals surface area contributed by atoms with Gasteiger partial charge in [-0.05, 0) is 61.1 Å². The first-order valence-corrected chi connectivity index (χ1v) is 7.53. The van der Waals surface area contributed by atoms with Gasteiger partial charge in [-0.3, -0.25) is 0 Å². The molecular formula is C18H18N2O. The summed E-state index contributed by atoms with van der Waals surface area (Å²) in [5.41, 5.74) is 4.47. The summed E-state index contributed by atoms with van der Waals surface area (Å²) in [6, 6.07) is 10.4. The maximum absolute atomic E-state index is 5.30. The highest BCUT2D eigenvalue weighted by Crippen LogP contribution is 2.32. The maximum atomic E-state index is 5.30. The molecule has 2 aromatic heterocycles. The second-order valence-electron chi connectivity index (χ2n) is 5.92. The Kier molecular flexibility index (Phi) is 2.81. The predicted molar refractivity (Wildman–Crippen MR) is 84.9 cm³/mol. The van der Waals surface area contributed by atoms with Crippen LogP contribution in [0.4, 0.5) is 0 Å². The third-order valence-corrected chi connectivity index (χ3v) is 4.47. The van der Waals surface area contributed by atoms with Gasteiger partial charge in [0.2, 0.25) is 0 Å². The molecule has 106 valence electrons. The lowest BCUT2D eigenvalue weighted by molar-refractivity contribution is 0.415. The van der Waals surface area contributed by atoms with Crippen LogP contribution in [0.3, 0.4) is 0 Å². The van der Waals surface area contributed by atoms with Crippen LogP contribution in [0.1, 0.15) is 36.9 Å². The fraction of sp³-hybridized carbons (Fsp3) is 0.333. The third kappa shape index (κ3) is 2.04. The van der Waals surface area contributed by atoms with Gasteiger partial charge in [0.25, 0.3) is 0 Å². The molecule has 21 heavy (non-hydrogen) atoms. The number of pyridine rings is 2. The van der Waals surface area contributed by atoms with Gasteiger partial charge in [-0.25, -0.2) is 9.97 Å². The van der Waals surface area contributed by atoms with Crippen molar-refractivity contribution in [2.45, 2.75) is 32.1 Å². The molecule has 0 saturated carbocycles. The van der Waals surface area contributed by atoms with Gasteiger partial charge < -0.3 is 4.74 Å². The lowest BCUT2D eigenvalue weighted by Crippen LogP contribution is -2.09. The molecule has 4 rings (SSSR count). The van der Waals surface area contributed by atoms with Crippen LogP contribution in [-0.2, 0) is 6.42 Å². The van der Waals surface area contributed by atoms with Crippen LogP contribution in [0.5, 0.6) is 5.75 Å². The number of nitrogens with zero attached hydrogens (tertiary/aromatic N) is 2. The smallest absolute Gasteiger partial charge is 0.160 e. The van der Waals surface area contributed by atoms with E-state index in [9.17, 15) is 0 Å². The molecule has 0 fully saturated rings. The van der Waals surface area contributed by atoms with Gasteiger partial charge in [0.15, 0.2) is 5.65 Å². The zero-order valence-electron chi connectivity index (χ0n) is 12.4. The molecule has 1 atom stereocenters. The topological polar surface area (TPSA) is 35.0 Å². The third-order valence-electron chi connectivity index (χ3n) is 4.47. The first-order valence-electron chi connectivity index (χ1n) is 7.53. The normalized spacial score (nSPS) is 17.9. The van der Waals surface area contributed by atoms with E-state index >= 15 is 0 Å². The van der Waals surface area contributed by atoms with E-state index in [1.165, 1.54) is 24.1 Å². The largest absolute Gasteiger partial charge is 0.497 e. The first kappa shape index (κ1) is 12.6. The van der Waals surface area contributed by atoms with Crippen molar-refractivity contribution in [1.82, 2.24) is 9.97 Å². The van der Waals surface area contributed by atoms with E-state index in [1.807, 2.05) is 18.2 Å². The molecule has 0 saturated heterocycles. The molecular weight excluding hydrogens is 260 g/mol. The summed E-state index contributed by atoms with van der Waals surface area (Å²) < 4.78 is 5.30. The predicted octanol–water partition coefficient (Wildman–Crippen LogP) is 4.23. The van der Waals surface area contributed by atoms with Crippen LogP contribution in [-0.4, -0.2) is 17.1 Å². The molecule has 2 heterocycles. The fourth-order valence-electron chi connectivity index (χ4n) is 3.29. The molecule has 0 aliphatic heterocycles. The average Bonchev–Trinajstić information content (AvgIpc) is 2.51. The molecule has 0 radical (unpaired) electrons. The first-order chi connectivity index (χ1) is 10.2. The van der Waals surface area contributed by atoms with Crippen LogP contribution in [0.25, 0.3) is 21.9 Å². The quantitative estimate of drug-likeness (QED) is 0.625. The number of aromatic nitrogens is 2. The van der Waals surface area contributed by atoms with E-state index in [4.69, 9.17) is 14.7 Å². The van der Waals surface area contributed by atoms with Crippen molar-refractivity contribution >= 4 is 21.9 Å². The minimum absolute atomic E-state index is 0.548. The Morgan fingerprint density at radius 3 is 2.86 bits per heavy atom. The highest BCUT2D eigenvalue weighted by molar-refractivity contribution is 5.92. The van der Waals surface area contributed by atoms with E-state index in [-0.39, 0.29) is 0 Å². The fourth-order valence-corrected chi connectivity index (χ4v) is 3.29. The Hall–Kier alpha value is -2.16. The summed E-state index contributed by atoms with van der Waals surface area (Å²) in [6.45, 7) is 2.27. The Balaban J connectivity index is 1.98. The van der Waals surface area contributed by atoms with Gasteiger partial charge in [0, 0.05) is 16.5 Å². The number of ether oxygens (including phenoxy) is 1. The zero-order chi connectivity index (χ0) is 14.4. The summed E-state index contributed by atoms with van der Waals surface area (Å²) in [7, 11) is 1.69. The van der Waals surface area contributed by atoms with E-state index in [0.29, 0.717) is 5.92 Å². The number of benzene rings is 1. The number of hydrogen-bond acceptors (Lipinski definition) is 3. The number of rotatable bonds is 1. The van der Waals surface area contributed by atoms with Gasteiger partial charge in [-0.2, -0.15) is 0 Å². The zero-order valence-corrected chi connectivity index (χ0v) is 12.4. The standard InChI is InChI=1S/C18H18N2O/c1-11-4-3-5-12-8-14-9-13-10-15(21-2)6-7-16(13)19-18(14)20-17(11)12/h6-11H,3-5H2,1-2H3. The van der Waals surface area contributed by atoms with Gasteiger partial charge in [-0.15, -0.1) is 0 Å². The van der Waals surface area contributed by atoms with Gasteiger partial charge in [-0.1, -0.05) is 6.92 Å². The van der Waals surface area contributed by atoms with Crippen LogP contribution in [0.2, 0.25) is 0 Å². The summed E-state index contributed by atoms with van der Waals surface area (Å²) >= 11 is 0. The molecule has 1 aliphatic rings. The summed E-state index contributed by atoms with van der Waals surface area (Å²) in [5.74, 6) is 1.41. The monoisotopic (exact) mass is 278 g/mol. The lowest BCUT2D eigenvalue weighted by atomic mass is 9.87. The second kappa shape index (κ2) is 4.69. The Morgan fingerprint density at radius 1 is 1.10 bits per heavy atom. The summed E-state index contributed by atoms with van der Waals surface area (Å²) in [6.07, 6.45) is 3.63. The van der Waals surface area contributed by atoms with Gasteiger partial charge in [0.05, 0.1) is 12.6 Å². The Labute approximate surface area is 124 Å². The summed E-state index contributed by atoms with van der Waals surface area (Å²) in [4.78, 5) is 9.58. The molecule has 3 aromatic rings. The molecule has 0 bridgehead atoms. The number of hydrogen-bond donors (Lipinski definition) is 0. The molecule has 1 aromatic carbocycles. The van der Waals surface area contributed by atoms with E-state index in [0.717, 1.165) is 34.1 Å². The van der Waals surface area contributed by atoms with E-state index in [2.05, 4.69) is 19.1 Å². The van der Waals surface area contributed by atoms with Crippen LogP contribution >= 0.6 is 0 Å². The Bertz CT molecular complexity index is 841. The Morgan fingerprint density at radius 2 is 2.00 bits per heavy atom. The number of aryl methyl sites for hydroxylation is 1. The molecule has 3 heteroatoms. The molecule has 0 amide bonds. The van der Waals surface area contributed by atoms with Gasteiger partial charge in [0.1, 0.15) is 5.75 Å². The number of methoxy groups -OCH3 is 1. The van der Waals surface area contributed by atoms with E-state index < -0.39 is 0 Å². The van der Waals surface area contributed by atoms with Crippen molar-refractivity contribution in [3.8, 4) is 5.75 Å². The van der Waals surface area contributed by atoms with Gasteiger partial charge >= 0.3 is 0 Å². The van der Waals surface area contributed by atoms with E-state index in [1.54, 1.807) is 7.11 Å². The molecule has 3 nitrogen and oxygen atoms in total. The maximum Gasteiger partial charge on any atom is 0.160 e. The number of fused-ring (bicyclic) bond motifs is 3. The highest BCUT2D eigenvalue weighted by Gasteiger charge is 2.19. The molecule has 1 aliphatic carbocycles. The van der Waals surface area contributed by atoms with Crippen molar-refractivity contribution < 1.29 is 4.74 Å². The SMILES string of the molecule is COc1ccc2nc3nc4c(cc3cc2c1)CCCC4C. The summed E-state index contributed by atoms with van der Waals surface area (Å²) in [5, 5.41) is 2.23. The van der Waals surface area contributed by atoms with Crippen molar-refractivity contribution in [2.75, 3.05) is 7.11 Å². The minimum atomic E-state index is 0.548. The van der Waals surface area contributed by atoms with Crippen LogP contribution in [0.15, 0.2) is 30.3 Å². The lowest BCUT2D eigenvalue weighted by Gasteiger charge is -2.21. The molecule has 0 spiro atoms. The van der Waals surface area contributed by atoms with Crippen molar-refractivity contribution in [1.29, 1.82) is 0 Å². The average molecular weight is 278 g/mol. The van der Waals surface area contributed by atoms with Crippen molar-refractivity contribution in [3.63, 3.8) is 0 Å². The van der Waals surface area contributed by atoms with Crippen molar-refractivity contribution in [2.24, 2.45) is 0 Å². The second-order valence-corrected chi connectivity index (χ2v) is 5.92. The van der Waals surface area contributed by atoms with Crippen LogP contribution < -0.4 is 4.74 Å². The molecule has 0 N–H and O–H groups in total. The molecule has 1 unspecified atom stereocenters. The highest BCUT2D eigenvalue weighted by atomic mass is 16.5. The van der Waals surface area contributed by atoms with Crippen LogP contribution in [0, 0.1) is 0 Å². The minimum Gasteiger partial charge on any atom is -0.497 e.